The number of carbonyl (C=O) groups excluding carboxylic acids is 4. The number of rotatable bonds is 9. The maximum atomic E-state index is 12.8. The largest absolute Gasteiger partial charge is 0.445 e. The highest BCUT2D eigenvalue weighted by Gasteiger charge is 2.40. The van der Waals surface area contributed by atoms with Crippen molar-refractivity contribution < 1.29 is 23.9 Å². The molecule has 0 fully saturated rings. The number of fused-ring (bicyclic) bond motifs is 1. The number of thioether (sulfide) groups is 1. The lowest BCUT2D eigenvalue weighted by Gasteiger charge is -2.29. The van der Waals surface area contributed by atoms with Crippen LogP contribution in [-0.2, 0) is 11.3 Å². The summed E-state index contributed by atoms with van der Waals surface area (Å²) in [5.41, 5.74) is 1.48. The Balaban J connectivity index is 1.49. The van der Waals surface area contributed by atoms with E-state index in [0.717, 1.165) is 22.3 Å². The molecule has 1 N–H and O–H groups in total. The summed E-state index contributed by atoms with van der Waals surface area (Å²) < 4.78 is 5.16. The Morgan fingerprint density at radius 1 is 0.969 bits per heavy atom. The van der Waals surface area contributed by atoms with Gasteiger partial charge >= 0.3 is 11.3 Å². The van der Waals surface area contributed by atoms with Crippen molar-refractivity contribution in [3.8, 4) is 0 Å². The molecule has 32 heavy (non-hydrogen) atoms. The highest BCUT2D eigenvalue weighted by molar-refractivity contribution is 8.13. The number of hydrogen-bond donors (Lipinski definition) is 1. The molecule has 2 aromatic rings. The van der Waals surface area contributed by atoms with Crippen LogP contribution in [0.5, 0.6) is 0 Å². The molecule has 0 atom stereocenters. The number of hydrogen-bond acceptors (Lipinski definition) is 6. The number of unbranched alkanes of at least 4 members (excludes halogenated alkanes) is 1. The summed E-state index contributed by atoms with van der Waals surface area (Å²) in [5, 5.41) is 4.43. The molecule has 9 heteroatoms. The second-order valence-corrected chi connectivity index (χ2v) is 8.20. The van der Waals surface area contributed by atoms with Crippen LogP contribution in [0, 0.1) is 0 Å². The SMILES string of the molecule is CCSC(=O)N(CCCCNC(=O)OCc1ccccc1)N1C(=O)c2ccccc2C1=O. The summed E-state index contributed by atoms with van der Waals surface area (Å²) in [4.78, 5) is 50.0. The molecule has 1 aliphatic rings. The van der Waals surface area contributed by atoms with Crippen LogP contribution in [0.3, 0.4) is 0 Å². The van der Waals surface area contributed by atoms with Crippen LogP contribution in [0.2, 0.25) is 0 Å². The number of imide groups is 1. The lowest BCUT2D eigenvalue weighted by atomic mass is 10.1. The van der Waals surface area contributed by atoms with Crippen LogP contribution in [-0.4, -0.2) is 52.0 Å². The third-order valence-electron chi connectivity index (χ3n) is 4.77. The maximum absolute atomic E-state index is 12.8. The molecule has 3 rings (SSSR count). The predicted molar refractivity (Wildman–Crippen MR) is 121 cm³/mol. The van der Waals surface area contributed by atoms with Gasteiger partial charge in [0.05, 0.1) is 11.1 Å². The van der Waals surface area contributed by atoms with Crippen molar-refractivity contribution in [3.05, 3.63) is 71.3 Å². The third kappa shape index (κ3) is 5.67. The molecule has 8 nitrogen and oxygen atoms in total. The molecule has 0 aliphatic carbocycles. The number of amides is 4. The first-order valence-corrected chi connectivity index (χ1v) is 11.4. The van der Waals surface area contributed by atoms with Gasteiger partial charge in [0, 0.05) is 13.1 Å². The van der Waals surface area contributed by atoms with Gasteiger partial charge in [-0.05, 0) is 36.3 Å². The van der Waals surface area contributed by atoms with E-state index in [1.165, 1.54) is 5.01 Å². The summed E-state index contributed by atoms with van der Waals surface area (Å²) >= 11 is 1.03. The van der Waals surface area contributed by atoms with E-state index in [1.807, 2.05) is 37.3 Å². The minimum atomic E-state index is -0.524. The molecule has 0 bridgehead atoms. The zero-order chi connectivity index (χ0) is 22.9. The Morgan fingerprint density at radius 2 is 1.59 bits per heavy atom. The summed E-state index contributed by atoms with van der Waals surface area (Å²) in [6.07, 6.45) is 0.510. The minimum absolute atomic E-state index is 0.179. The number of nitrogens with one attached hydrogen (secondary N) is 1. The Kier molecular flexibility index (Phi) is 8.27. The zero-order valence-corrected chi connectivity index (χ0v) is 18.6. The van der Waals surface area contributed by atoms with Crippen molar-refractivity contribution in [2.45, 2.75) is 26.4 Å². The van der Waals surface area contributed by atoms with E-state index < -0.39 is 17.9 Å². The Morgan fingerprint density at radius 3 is 2.22 bits per heavy atom. The van der Waals surface area contributed by atoms with Gasteiger partial charge in [-0.15, -0.1) is 0 Å². The molecule has 1 aliphatic heterocycles. The van der Waals surface area contributed by atoms with Gasteiger partial charge in [0.15, 0.2) is 0 Å². The van der Waals surface area contributed by atoms with E-state index in [2.05, 4.69) is 5.32 Å². The van der Waals surface area contributed by atoms with Gasteiger partial charge in [-0.1, -0.05) is 61.2 Å². The Labute approximate surface area is 190 Å². The lowest BCUT2D eigenvalue weighted by molar-refractivity contribution is 0.0225. The Hall–Kier alpha value is -3.33. The van der Waals surface area contributed by atoms with Gasteiger partial charge in [0.25, 0.3) is 11.8 Å². The van der Waals surface area contributed by atoms with Gasteiger partial charge in [-0.3, -0.25) is 14.4 Å². The normalized spacial score (nSPS) is 12.5. The highest BCUT2D eigenvalue weighted by atomic mass is 32.2. The first-order chi connectivity index (χ1) is 15.5. The first kappa shape index (κ1) is 23.3. The van der Waals surface area contributed by atoms with E-state index in [4.69, 9.17) is 4.74 Å². The van der Waals surface area contributed by atoms with Gasteiger partial charge in [-0.2, -0.15) is 5.01 Å². The van der Waals surface area contributed by atoms with Crippen molar-refractivity contribution in [1.29, 1.82) is 0 Å². The van der Waals surface area contributed by atoms with Crippen LogP contribution in [0.1, 0.15) is 46.0 Å². The van der Waals surface area contributed by atoms with Crippen LogP contribution < -0.4 is 5.32 Å². The molecule has 4 amide bonds. The molecular weight excluding hydrogens is 430 g/mol. The summed E-state index contributed by atoms with van der Waals surface area (Å²) in [5.74, 6) is -0.482. The van der Waals surface area contributed by atoms with E-state index in [1.54, 1.807) is 24.3 Å². The fourth-order valence-electron chi connectivity index (χ4n) is 3.22. The number of ether oxygens (including phenoxy) is 1. The number of alkyl carbamates (subject to hydrolysis) is 1. The molecule has 1 heterocycles. The lowest BCUT2D eigenvalue weighted by Crippen LogP contribution is -2.48. The van der Waals surface area contributed by atoms with E-state index in [9.17, 15) is 19.2 Å². The monoisotopic (exact) mass is 455 g/mol. The van der Waals surface area contributed by atoms with E-state index in [0.29, 0.717) is 36.3 Å². The summed E-state index contributed by atoms with van der Waals surface area (Å²) in [6.45, 7) is 2.54. The quantitative estimate of drug-likeness (QED) is 0.452. The molecule has 0 unspecified atom stereocenters. The molecule has 0 saturated heterocycles. The molecule has 0 spiro atoms. The van der Waals surface area contributed by atoms with Crippen LogP contribution in [0.15, 0.2) is 54.6 Å². The molecule has 168 valence electrons. The van der Waals surface area contributed by atoms with Crippen LogP contribution >= 0.6 is 11.8 Å². The molecule has 2 aromatic carbocycles. The van der Waals surface area contributed by atoms with Crippen LogP contribution in [0.25, 0.3) is 0 Å². The highest BCUT2D eigenvalue weighted by Crippen LogP contribution is 2.26. The second-order valence-electron chi connectivity index (χ2n) is 6.99. The number of benzene rings is 2. The minimum Gasteiger partial charge on any atom is -0.445 e. The van der Waals surface area contributed by atoms with E-state index in [-0.39, 0.29) is 18.4 Å². The van der Waals surface area contributed by atoms with Crippen molar-refractivity contribution in [2.24, 2.45) is 0 Å². The van der Waals surface area contributed by atoms with Gasteiger partial charge in [0.2, 0.25) is 0 Å². The van der Waals surface area contributed by atoms with Gasteiger partial charge < -0.3 is 10.1 Å². The van der Waals surface area contributed by atoms with Crippen molar-refractivity contribution in [2.75, 3.05) is 18.8 Å². The number of nitrogens with zero attached hydrogens (tertiary/aromatic N) is 2. The average molecular weight is 456 g/mol. The topological polar surface area (TPSA) is 96.0 Å². The standard InChI is InChI=1S/C23H25N3O5S/c1-2-32-23(30)25(26-20(27)18-12-6-7-13-19(18)21(26)28)15-9-8-14-24-22(29)31-16-17-10-4-3-5-11-17/h3-7,10-13H,2,8-9,14-16H2,1H3,(H,24,29). The third-order valence-corrected chi connectivity index (χ3v) is 5.52. The van der Waals surface area contributed by atoms with Gasteiger partial charge in [-0.25, -0.2) is 9.80 Å². The zero-order valence-electron chi connectivity index (χ0n) is 17.8. The first-order valence-electron chi connectivity index (χ1n) is 10.4. The fourth-order valence-corrected chi connectivity index (χ4v) is 3.79. The molecular formula is C23H25N3O5S. The fraction of sp³-hybridized carbons (Fsp3) is 0.304. The second kappa shape index (κ2) is 11.3. The average Bonchev–Trinajstić information content (AvgIpc) is 3.06. The van der Waals surface area contributed by atoms with Crippen LogP contribution in [0.4, 0.5) is 9.59 Å². The molecule has 0 saturated carbocycles. The smallest absolute Gasteiger partial charge is 0.407 e. The van der Waals surface area contributed by atoms with Crippen molar-refractivity contribution in [3.63, 3.8) is 0 Å². The molecule has 0 radical (unpaired) electrons. The van der Waals surface area contributed by atoms with E-state index >= 15 is 0 Å². The molecule has 0 aromatic heterocycles. The predicted octanol–water partition coefficient (Wildman–Crippen LogP) is 4.08. The number of carbonyl (C=O) groups is 4. The van der Waals surface area contributed by atoms with Crippen molar-refractivity contribution >= 4 is 34.9 Å². The number of hydrazine groups is 1. The summed E-state index contributed by atoms with van der Waals surface area (Å²) in [6, 6.07) is 15.9. The van der Waals surface area contributed by atoms with Crippen molar-refractivity contribution in [1.82, 2.24) is 15.3 Å². The summed E-state index contributed by atoms with van der Waals surface area (Å²) in [7, 11) is 0. The Bertz CT molecular complexity index is 948. The van der Waals surface area contributed by atoms with Gasteiger partial charge in [0.1, 0.15) is 6.61 Å². The maximum Gasteiger partial charge on any atom is 0.407 e.